The maximum Gasteiger partial charge on any atom is 0.335 e. The van der Waals surface area contributed by atoms with Crippen molar-refractivity contribution in [2.75, 3.05) is 0 Å². The standard InChI is InChI=1S/C12H11NO5/c13-5-4-9(14)7-2-1-3-8(6-7)10(15)11(16)12(17)18/h1-3,6,10-11,15-16H,4H2,(H,17,18). The molecule has 1 aromatic carbocycles. The number of carboxylic acids is 1. The number of nitriles is 1. The lowest BCUT2D eigenvalue weighted by atomic mass is 9.99. The SMILES string of the molecule is N#CCC(=O)c1cccc(C(O)C(O)C(=O)O)c1. The largest absolute Gasteiger partial charge is 0.479 e. The highest BCUT2D eigenvalue weighted by Crippen LogP contribution is 2.19. The van der Waals surface area contributed by atoms with Gasteiger partial charge >= 0.3 is 5.97 Å². The van der Waals surface area contributed by atoms with Crippen molar-refractivity contribution in [3.8, 4) is 6.07 Å². The van der Waals surface area contributed by atoms with Gasteiger partial charge < -0.3 is 15.3 Å². The third-order valence-electron chi connectivity index (χ3n) is 2.34. The Hall–Kier alpha value is -2.23. The predicted molar refractivity (Wildman–Crippen MR) is 59.6 cm³/mol. The lowest BCUT2D eigenvalue weighted by Crippen LogP contribution is -2.27. The normalized spacial score (nSPS) is 13.4. The molecule has 6 nitrogen and oxygen atoms in total. The second-order valence-corrected chi connectivity index (χ2v) is 3.61. The highest BCUT2D eigenvalue weighted by atomic mass is 16.4. The fourth-order valence-electron chi connectivity index (χ4n) is 1.39. The molecule has 6 heteroatoms. The zero-order chi connectivity index (χ0) is 13.7. The van der Waals surface area contributed by atoms with E-state index in [4.69, 9.17) is 10.4 Å². The molecule has 0 spiro atoms. The van der Waals surface area contributed by atoms with Crippen LogP contribution in [0.2, 0.25) is 0 Å². The number of benzene rings is 1. The van der Waals surface area contributed by atoms with E-state index in [1.165, 1.54) is 24.3 Å². The molecule has 0 saturated carbocycles. The first kappa shape index (κ1) is 13.8. The number of ketones is 1. The molecule has 1 aromatic rings. The average molecular weight is 249 g/mol. The molecule has 0 saturated heterocycles. The summed E-state index contributed by atoms with van der Waals surface area (Å²) in [5, 5.41) is 35.7. The Kier molecular flexibility index (Phi) is 4.54. The van der Waals surface area contributed by atoms with Crippen molar-refractivity contribution in [1.82, 2.24) is 0 Å². The molecule has 0 radical (unpaired) electrons. The molecule has 0 aromatic heterocycles. The highest BCUT2D eigenvalue weighted by Gasteiger charge is 2.25. The first-order chi connectivity index (χ1) is 8.47. The molecule has 2 unspecified atom stereocenters. The Morgan fingerprint density at radius 3 is 2.56 bits per heavy atom. The lowest BCUT2D eigenvalue weighted by Gasteiger charge is -2.14. The van der Waals surface area contributed by atoms with Crippen LogP contribution in [-0.4, -0.2) is 33.2 Å². The minimum absolute atomic E-state index is 0.105. The molecule has 1 rings (SSSR count). The second kappa shape index (κ2) is 5.91. The van der Waals surface area contributed by atoms with Gasteiger partial charge in [-0.15, -0.1) is 0 Å². The van der Waals surface area contributed by atoms with Gasteiger partial charge in [0.05, 0.1) is 12.5 Å². The summed E-state index contributed by atoms with van der Waals surface area (Å²) in [5.74, 6) is -1.99. The van der Waals surface area contributed by atoms with Gasteiger partial charge in [0.1, 0.15) is 6.10 Å². The van der Waals surface area contributed by atoms with Gasteiger partial charge in [-0.05, 0) is 11.6 Å². The van der Waals surface area contributed by atoms with Crippen molar-refractivity contribution in [2.24, 2.45) is 0 Å². The number of nitrogens with zero attached hydrogens (tertiary/aromatic N) is 1. The van der Waals surface area contributed by atoms with Crippen LogP contribution in [0, 0.1) is 11.3 Å². The van der Waals surface area contributed by atoms with Gasteiger partial charge in [-0.1, -0.05) is 18.2 Å². The quantitative estimate of drug-likeness (QED) is 0.644. The Labute approximate surface area is 103 Å². The molecule has 0 amide bonds. The maximum absolute atomic E-state index is 11.4. The summed E-state index contributed by atoms with van der Waals surface area (Å²) in [4.78, 5) is 22.0. The van der Waals surface area contributed by atoms with E-state index >= 15 is 0 Å². The van der Waals surface area contributed by atoms with E-state index < -0.39 is 24.0 Å². The zero-order valence-corrected chi connectivity index (χ0v) is 9.28. The summed E-state index contributed by atoms with van der Waals surface area (Å²) in [6.07, 6.45) is -3.90. The zero-order valence-electron chi connectivity index (χ0n) is 9.28. The number of carbonyl (C=O) groups is 2. The third-order valence-corrected chi connectivity index (χ3v) is 2.34. The molecule has 18 heavy (non-hydrogen) atoms. The molecule has 3 N–H and O–H groups in total. The van der Waals surface area contributed by atoms with E-state index in [1.807, 2.05) is 0 Å². The Balaban J connectivity index is 2.99. The number of aliphatic carboxylic acids is 1. The number of aliphatic hydroxyl groups is 2. The number of Topliss-reactive ketones (excluding diaryl/α,β-unsaturated/α-hetero) is 1. The Morgan fingerprint density at radius 1 is 1.33 bits per heavy atom. The minimum Gasteiger partial charge on any atom is -0.479 e. The summed E-state index contributed by atoms with van der Waals surface area (Å²) in [7, 11) is 0. The summed E-state index contributed by atoms with van der Waals surface area (Å²) in [6, 6.07) is 7.24. The van der Waals surface area contributed by atoms with Gasteiger partial charge in [0.15, 0.2) is 11.9 Å². The summed E-state index contributed by atoms with van der Waals surface area (Å²) < 4.78 is 0. The van der Waals surface area contributed by atoms with Crippen LogP contribution in [0.15, 0.2) is 24.3 Å². The fourth-order valence-corrected chi connectivity index (χ4v) is 1.39. The van der Waals surface area contributed by atoms with Crippen LogP contribution in [-0.2, 0) is 4.79 Å². The van der Waals surface area contributed by atoms with E-state index in [9.17, 15) is 19.8 Å². The number of carboxylic acid groups (broad SMARTS) is 1. The molecule has 0 heterocycles. The van der Waals surface area contributed by atoms with Crippen LogP contribution in [0.3, 0.4) is 0 Å². The van der Waals surface area contributed by atoms with E-state index in [1.54, 1.807) is 6.07 Å². The van der Waals surface area contributed by atoms with E-state index in [0.29, 0.717) is 0 Å². The molecule has 0 aliphatic heterocycles. The minimum atomic E-state index is -1.97. The summed E-state index contributed by atoms with van der Waals surface area (Å²) in [6.45, 7) is 0. The van der Waals surface area contributed by atoms with Crippen LogP contribution >= 0.6 is 0 Å². The van der Waals surface area contributed by atoms with Gasteiger partial charge in [-0.3, -0.25) is 4.79 Å². The van der Waals surface area contributed by atoms with Gasteiger partial charge in [0, 0.05) is 5.56 Å². The van der Waals surface area contributed by atoms with E-state index in [2.05, 4.69) is 0 Å². The topological polar surface area (TPSA) is 119 Å². The fraction of sp³-hybridized carbons (Fsp3) is 0.250. The van der Waals surface area contributed by atoms with Crippen molar-refractivity contribution >= 4 is 11.8 Å². The summed E-state index contributed by atoms with van der Waals surface area (Å²) >= 11 is 0. The smallest absolute Gasteiger partial charge is 0.335 e. The van der Waals surface area contributed by atoms with Crippen molar-refractivity contribution in [2.45, 2.75) is 18.6 Å². The highest BCUT2D eigenvalue weighted by molar-refractivity contribution is 5.97. The van der Waals surface area contributed by atoms with E-state index in [-0.39, 0.29) is 17.5 Å². The molecule has 0 fully saturated rings. The van der Waals surface area contributed by atoms with Crippen molar-refractivity contribution in [3.05, 3.63) is 35.4 Å². The van der Waals surface area contributed by atoms with E-state index in [0.717, 1.165) is 0 Å². The molecule has 94 valence electrons. The monoisotopic (exact) mass is 249 g/mol. The average Bonchev–Trinajstić information content (AvgIpc) is 2.37. The third kappa shape index (κ3) is 3.13. The van der Waals surface area contributed by atoms with Crippen molar-refractivity contribution < 1.29 is 24.9 Å². The van der Waals surface area contributed by atoms with Gasteiger partial charge in [0.2, 0.25) is 0 Å². The molecular weight excluding hydrogens is 238 g/mol. The molecular formula is C12H11NO5. The molecule has 2 atom stereocenters. The second-order valence-electron chi connectivity index (χ2n) is 3.61. The van der Waals surface area contributed by atoms with Gasteiger partial charge in [-0.2, -0.15) is 5.26 Å². The predicted octanol–water partition coefficient (Wildman–Crippen LogP) is 0.262. The Morgan fingerprint density at radius 2 is 2.00 bits per heavy atom. The van der Waals surface area contributed by atoms with Crippen LogP contribution in [0.5, 0.6) is 0 Å². The van der Waals surface area contributed by atoms with Crippen LogP contribution in [0.4, 0.5) is 0 Å². The maximum atomic E-state index is 11.4. The van der Waals surface area contributed by atoms with Gasteiger partial charge in [0.25, 0.3) is 0 Å². The Bertz CT molecular complexity index is 505. The summed E-state index contributed by atoms with van der Waals surface area (Å²) in [5.41, 5.74) is 0.291. The van der Waals surface area contributed by atoms with Crippen LogP contribution in [0.25, 0.3) is 0 Å². The van der Waals surface area contributed by atoms with Crippen molar-refractivity contribution in [3.63, 3.8) is 0 Å². The number of hydrogen-bond acceptors (Lipinski definition) is 5. The number of hydrogen-bond donors (Lipinski definition) is 3. The van der Waals surface area contributed by atoms with Gasteiger partial charge in [-0.25, -0.2) is 4.79 Å². The first-order valence-electron chi connectivity index (χ1n) is 5.06. The number of rotatable bonds is 5. The first-order valence-corrected chi connectivity index (χ1v) is 5.06. The van der Waals surface area contributed by atoms with Crippen LogP contribution in [0.1, 0.15) is 28.4 Å². The number of aliphatic hydroxyl groups excluding tert-OH is 2. The number of carbonyl (C=O) groups excluding carboxylic acids is 1. The molecule has 0 bridgehead atoms. The van der Waals surface area contributed by atoms with Crippen LogP contribution < -0.4 is 0 Å². The molecule has 0 aliphatic rings. The van der Waals surface area contributed by atoms with Crippen molar-refractivity contribution in [1.29, 1.82) is 5.26 Å². The molecule has 0 aliphatic carbocycles. The lowest BCUT2D eigenvalue weighted by molar-refractivity contribution is -0.153.